The molecule has 0 aliphatic heterocycles. The van der Waals surface area contributed by atoms with Crippen LogP contribution in [0.3, 0.4) is 0 Å². The smallest absolute Gasteiger partial charge is 0.335 e. The van der Waals surface area contributed by atoms with E-state index in [0.717, 1.165) is 6.42 Å². The second kappa shape index (κ2) is 6.02. The fraction of sp³-hybridized carbons (Fsp3) is 0.500. The second-order valence-electron chi connectivity index (χ2n) is 4.38. The van der Waals surface area contributed by atoms with Crippen LogP contribution in [0.2, 0.25) is 5.15 Å². The molecule has 1 rings (SSSR count). The van der Waals surface area contributed by atoms with Crippen molar-refractivity contribution in [2.45, 2.75) is 32.2 Å². The van der Waals surface area contributed by atoms with Gasteiger partial charge in [0.2, 0.25) is 0 Å². The minimum atomic E-state index is -1.05. The number of carboxylic acid groups (broad SMARTS) is 1. The molecule has 3 N–H and O–H groups in total. The molecule has 0 aliphatic carbocycles. The molecule has 0 spiro atoms. The first kappa shape index (κ1) is 14.7. The van der Waals surface area contributed by atoms with E-state index in [1.165, 1.54) is 12.1 Å². The van der Waals surface area contributed by atoms with Crippen molar-refractivity contribution in [3.63, 3.8) is 0 Å². The van der Waals surface area contributed by atoms with Gasteiger partial charge in [0, 0.05) is 12.1 Å². The summed E-state index contributed by atoms with van der Waals surface area (Å²) in [7, 11) is 0. The van der Waals surface area contributed by atoms with Crippen LogP contribution < -0.4 is 5.32 Å². The predicted molar refractivity (Wildman–Crippen MR) is 70.2 cm³/mol. The molecule has 0 fully saturated rings. The molecule has 1 aromatic heterocycles. The summed E-state index contributed by atoms with van der Waals surface area (Å²) in [5.41, 5.74) is -0.262. The van der Waals surface area contributed by atoms with Gasteiger partial charge in [-0.3, -0.25) is 0 Å². The van der Waals surface area contributed by atoms with E-state index >= 15 is 0 Å². The topological polar surface area (TPSA) is 82.5 Å². The van der Waals surface area contributed by atoms with Crippen molar-refractivity contribution in [1.29, 1.82) is 0 Å². The van der Waals surface area contributed by atoms with E-state index in [1.54, 1.807) is 0 Å². The van der Waals surface area contributed by atoms with Crippen molar-refractivity contribution in [2.75, 3.05) is 11.9 Å². The van der Waals surface area contributed by atoms with Gasteiger partial charge >= 0.3 is 5.97 Å². The van der Waals surface area contributed by atoms with Crippen molar-refractivity contribution in [2.24, 2.45) is 0 Å². The van der Waals surface area contributed by atoms with Crippen molar-refractivity contribution >= 4 is 23.4 Å². The number of aliphatic hydroxyl groups is 1. The summed E-state index contributed by atoms with van der Waals surface area (Å²) in [5, 5.41) is 21.2. The number of rotatable bonds is 6. The summed E-state index contributed by atoms with van der Waals surface area (Å²) in [4.78, 5) is 15.0. The van der Waals surface area contributed by atoms with Crippen molar-refractivity contribution < 1.29 is 15.0 Å². The molecule has 0 aliphatic rings. The third-order valence-electron chi connectivity index (χ3n) is 2.91. The van der Waals surface area contributed by atoms with E-state index in [0.29, 0.717) is 12.2 Å². The van der Waals surface area contributed by atoms with Crippen LogP contribution in [0, 0.1) is 0 Å². The van der Waals surface area contributed by atoms with Crippen LogP contribution in [0.25, 0.3) is 0 Å². The van der Waals surface area contributed by atoms with Gasteiger partial charge in [0.1, 0.15) is 11.0 Å². The molecular weight excluding hydrogens is 256 g/mol. The van der Waals surface area contributed by atoms with E-state index in [1.807, 2.05) is 13.8 Å². The van der Waals surface area contributed by atoms with Crippen LogP contribution in [0.5, 0.6) is 0 Å². The maximum Gasteiger partial charge on any atom is 0.335 e. The maximum absolute atomic E-state index is 10.9. The van der Waals surface area contributed by atoms with Gasteiger partial charge in [-0.1, -0.05) is 18.5 Å². The van der Waals surface area contributed by atoms with Crippen molar-refractivity contribution in [3.05, 3.63) is 22.8 Å². The number of hydrogen-bond acceptors (Lipinski definition) is 4. The highest BCUT2D eigenvalue weighted by Gasteiger charge is 2.22. The lowest BCUT2D eigenvalue weighted by Crippen LogP contribution is -2.35. The number of hydrogen-bond donors (Lipinski definition) is 3. The first-order valence-electron chi connectivity index (χ1n) is 5.70. The normalized spacial score (nSPS) is 14.0. The van der Waals surface area contributed by atoms with Gasteiger partial charge in [-0.2, -0.15) is 0 Å². The lowest BCUT2D eigenvalue weighted by Gasteiger charge is -2.29. The van der Waals surface area contributed by atoms with E-state index in [-0.39, 0.29) is 22.9 Å². The number of carboxylic acids is 1. The average Bonchev–Trinajstić information content (AvgIpc) is 2.28. The molecule has 5 nitrogen and oxygen atoms in total. The van der Waals surface area contributed by atoms with Crippen LogP contribution in [-0.4, -0.2) is 33.3 Å². The number of aromatic nitrogens is 1. The minimum Gasteiger partial charge on any atom is -0.478 e. The number of anilines is 1. The molecule has 0 aromatic carbocycles. The largest absolute Gasteiger partial charge is 0.478 e. The van der Waals surface area contributed by atoms with Gasteiger partial charge < -0.3 is 15.5 Å². The molecule has 100 valence electrons. The van der Waals surface area contributed by atoms with Gasteiger partial charge in [-0.05, 0) is 31.9 Å². The zero-order chi connectivity index (χ0) is 13.8. The lowest BCUT2D eigenvalue weighted by atomic mass is 9.95. The Morgan fingerprint density at radius 1 is 1.56 bits per heavy atom. The monoisotopic (exact) mass is 272 g/mol. The van der Waals surface area contributed by atoms with Gasteiger partial charge in [0.05, 0.1) is 5.56 Å². The highest BCUT2D eigenvalue weighted by molar-refractivity contribution is 6.29. The molecule has 1 atom stereocenters. The fourth-order valence-electron chi connectivity index (χ4n) is 1.57. The van der Waals surface area contributed by atoms with E-state index in [2.05, 4.69) is 10.3 Å². The van der Waals surface area contributed by atoms with Crippen LogP contribution >= 0.6 is 11.6 Å². The van der Waals surface area contributed by atoms with Crippen molar-refractivity contribution in [3.8, 4) is 0 Å². The first-order valence-corrected chi connectivity index (χ1v) is 6.08. The molecule has 0 saturated carbocycles. The highest BCUT2D eigenvalue weighted by atomic mass is 35.5. The third kappa shape index (κ3) is 3.85. The molecule has 0 saturated heterocycles. The van der Waals surface area contributed by atoms with Crippen molar-refractivity contribution in [1.82, 2.24) is 4.98 Å². The quantitative estimate of drug-likeness (QED) is 0.693. The Kier molecular flexibility index (Phi) is 4.93. The summed E-state index contributed by atoms with van der Waals surface area (Å²) in [6.07, 6.45) is 1.31. The van der Waals surface area contributed by atoms with E-state index in [4.69, 9.17) is 21.8 Å². The Morgan fingerprint density at radius 2 is 2.22 bits per heavy atom. The summed E-state index contributed by atoms with van der Waals surface area (Å²) < 4.78 is 0. The van der Waals surface area contributed by atoms with E-state index in [9.17, 15) is 4.79 Å². The standard InChI is InChI=1S/C12H17ClN2O3/c1-3-12(2,4-5-16)15-10-7-8(11(17)18)6-9(13)14-10/h6-7,16H,3-5H2,1-2H3,(H,14,15)(H,17,18). The Hall–Kier alpha value is -1.33. The number of halogens is 1. The lowest BCUT2D eigenvalue weighted by molar-refractivity contribution is 0.0696. The molecule has 0 amide bonds. The van der Waals surface area contributed by atoms with Crippen LogP contribution in [0.4, 0.5) is 5.82 Å². The summed E-state index contributed by atoms with van der Waals surface area (Å²) in [6, 6.07) is 2.73. The van der Waals surface area contributed by atoms with Crippen LogP contribution in [0.1, 0.15) is 37.0 Å². The van der Waals surface area contributed by atoms with E-state index < -0.39 is 5.97 Å². The third-order valence-corrected chi connectivity index (χ3v) is 3.11. The Bertz CT molecular complexity index is 439. The fourth-order valence-corrected chi connectivity index (χ4v) is 1.78. The molecule has 0 radical (unpaired) electrons. The molecule has 1 aromatic rings. The summed E-state index contributed by atoms with van der Waals surface area (Å²) >= 11 is 5.78. The van der Waals surface area contributed by atoms with Crippen LogP contribution in [0.15, 0.2) is 12.1 Å². The Labute approximate surface area is 111 Å². The Morgan fingerprint density at radius 3 is 2.72 bits per heavy atom. The molecule has 18 heavy (non-hydrogen) atoms. The SMILES string of the molecule is CCC(C)(CCO)Nc1cc(C(=O)O)cc(Cl)n1. The first-order chi connectivity index (χ1) is 8.40. The molecule has 0 bridgehead atoms. The zero-order valence-electron chi connectivity index (χ0n) is 10.4. The van der Waals surface area contributed by atoms with Crippen LogP contribution in [-0.2, 0) is 0 Å². The average molecular weight is 273 g/mol. The van der Waals surface area contributed by atoms with Gasteiger partial charge in [-0.15, -0.1) is 0 Å². The summed E-state index contributed by atoms with van der Waals surface area (Å²) in [5.74, 6) is -0.652. The zero-order valence-corrected chi connectivity index (χ0v) is 11.2. The number of nitrogens with zero attached hydrogens (tertiary/aromatic N) is 1. The maximum atomic E-state index is 10.9. The number of pyridine rings is 1. The number of nitrogens with one attached hydrogen (secondary N) is 1. The number of carbonyl (C=O) groups is 1. The second-order valence-corrected chi connectivity index (χ2v) is 4.77. The molecule has 6 heteroatoms. The minimum absolute atomic E-state index is 0.0453. The number of aromatic carboxylic acids is 1. The Balaban J connectivity index is 2.99. The summed E-state index contributed by atoms with van der Waals surface area (Å²) in [6.45, 7) is 3.96. The molecule has 1 heterocycles. The predicted octanol–water partition coefficient (Wildman–Crippen LogP) is 2.40. The van der Waals surface area contributed by atoms with Gasteiger partial charge in [0.15, 0.2) is 0 Å². The highest BCUT2D eigenvalue weighted by Crippen LogP contribution is 2.22. The molecule has 1 unspecified atom stereocenters. The number of aliphatic hydroxyl groups excluding tert-OH is 1. The molecular formula is C12H17ClN2O3. The van der Waals surface area contributed by atoms with Gasteiger partial charge in [0.25, 0.3) is 0 Å². The van der Waals surface area contributed by atoms with Gasteiger partial charge in [-0.25, -0.2) is 9.78 Å².